The summed E-state index contributed by atoms with van der Waals surface area (Å²) in [4.78, 5) is 26.2. The Bertz CT molecular complexity index is 930. The van der Waals surface area contributed by atoms with Crippen molar-refractivity contribution in [2.75, 3.05) is 14.1 Å². The second kappa shape index (κ2) is 5.36. The van der Waals surface area contributed by atoms with E-state index in [0.29, 0.717) is 17.6 Å². The summed E-state index contributed by atoms with van der Waals surface area (Å²) in [5.74, 6) is 0.160. The van der Waals surface area contributed by atoms with Crippen LogP contribution in [0.5, 0.6) is 11.5 Å². The number of pyridine rings is 1. The Labute approximate surface area is 138 Å². The first-order valence-electron chi connectivity index (χ1n) is 7.54. The van der Waals surface area contributed by atoms with Crippen LogP contribution in [0.4, 0.5) is 0 Å². The van der Waals surface area contributed by atoms with E-state index in [9.17, 15) is 14.7 Å². The van der Waals surface area contributed by atoms with E-state index in [1.807, 2.05) is 21.0 Å². The molecule has 1 aromatic carbocycles. The molecule has 0 radical (unpaired) electrons. The standard InChI is InChI=1S/C17H19N3O4/c1-9(21)11-6-12-14(19-16(11)23)13(22)5-10-7-17(2,24-15(10)12)8-18-20(3)4/h5-6,8,22H,7H2,1-4H3,(H,19,23)/b18-8+. The minimum Gasteiger partial charge on any atom is -0.506 e. The Hall–Kier alpha value is -2.83. The van der Waals surface area contributed by atoms with Gasteiger partial charge in [-0.1, -0.05) is 0 Å². The molecule has 1 aromatic heterocycles. The molecule has 0 aliphatic carbocycles. The summed E-state index contributed by atoms with van der Waals surface area (Å²) in [6.45, 7) is 3.22. The lowest BCUT2D eigenvalue weighted by molar-refractivity contribution is 0.101. The average Bonchev–Trinajstić information content (AvgIpc) is 2.82. The molecule has 0 saturated heterocycles. The van der Waals surface area contributed by atoms with Crippen molar-refractivity contribution < 1.29 is 14.6 Å². The lowest BCUT2D eigenvalue weighted by Gasteiger charge is -2.19. The topological polar surface area (TPSA) is 95.0 Å². The Morgan fingerprint density at radius 3 is 2.79 bits per heavy atom. The van der Waals surface area contributed by atoms with Gasteiger partial charge in [-0.15, -0.1) is 0 Å². The van der Waals surface area contributed by atoms with Gasteiger partial charge in [-0.05, 0) is 26.0 Å². The summed E-state index contributed by atoms with van der Waals surface area (Å²) >= 11 is 0. The molecule has 7 nitrogen and oxygen atoms in total. The normalized spacial score (nSPS) is 19.5. The first-order chi connectivity index (χ1) is 11.2. The number of hydrogen-bond acceptors (Lipinski definition) is 6. The number of ether oxygens (including phenoxy) is 1. The number of rotatable bonds is 3. The van der Waals surface area contributed by atoms with Crippen molar-refractivity contribution in [1.29, 1.82) is 0 Å². The van der Waals surface area contributed by atoms with Crippen LogP contribution in [0.25, 0.3) is 10.9 Å². The summed E-state index contributed by atoms with van der Waals surface area (Å²) in [5.41, 5.74) is -0.0960. The average molecular weight is 329 g/mol. The molecule has 1 atom stereocenters. The molecule has 0 saturated carbocycles. The molecule has 3 rings (SSSR count). The molecule has 1 unspecified atom stereocenters. The molecule has 0 amide bonds. The Morgan fingerprint density at radius 1 is 1.46 bits per heavy atom. The quantitative estimate of drug-likeness (QED) is 0.507. The lowest BCUT2D eigenvalue weighted by atomic mass is 9.99. The van der Waals surface area contributed by atoms with E-state index in [1.54, 1.807) is 17.3 Å². The van der Waals surface area contributed by atoms with Crippen LogP contribution in [-0.4, -0.2) is 46.8 Å². The molecule has 2 heterocycles. The molecule has 1 aliphatic heterocycles. The third-order valence-electron chi connectivity index (χ3n) is 3.96. The third-order valence-corrected chi connectivity index (χ3v) is 3.96. The Balaban J connectivity index is 2.19. The van der Waals surface area contributed by atoms with Gasteiger partial charge in [0.05, 0.1) is 17.3 Å². The highest BCUT2D eigenvalue weighted by Gasteiger charge is 2.36. The van der Waals surface area contributed by atoms with Crippen molar-refractivity contribution in [2.24, 2.45) is 5.10 Å². The molecular formula is C17H19N3O4. The summed E-state index contributed by atoms with van der Waals surface area (Å²) < 4.78 is 6.07. The van der Waals surface area contributed by atoms with E-state index in [1.165, 1.54) is 13.0 Å². The first-order valence-corrected chi connectivity index (χ1v) is 7.54. The molecule has 24 heavy (non-hydrogen) atoms. The fraction of sp³-hybridized carbons (Fsp3) is 0.353. The van der Waals surface area contributed by atoms with Crippen LogP contribution < -0.4 is 10.3 Å². The highest BCUT2D eigenvalue weighted by molar-refractivity contribution is 6.00. The number of carbonyl (C=O) groups is 1. The fourth-order valence-electron chi connectivity index (χ4n) is 2.86. The number of phenolic OH excluding ortho intramolecular Hbond substituents is 1. The maximum absolute atomic E-state index is 12.0. The van der Waals surface area contributed by atoms with Gasteiger partial charge in [-0.25, -0.2) is 0 Å². The number of nitrogens with zero attached hydrogens (tertiary/aromatic N) is 2. The molecule has 126 valence electrons. The van der Waals surface area contributed by atoms with E-state index >= 15 is 0 Å². The zero-order chi connectivity index (χ0) is 17.6. The number of hydrogen-bond donors (Lipinski definition) is 2. The molecule has 2 N–H and O–H groups in total. The summed E-state index contributed by atoms with van der Waals surface area (Å²) in [7, 11) is 3.63. The zero-order valence-corrected chi connectivity index (χ0v) is 14.0. The lowest BCUT2D eigenvalue weighted by Crippen LogP contribution is -2.32. The number of aromatic amines is 1. The summed E-state index contributed by atoms with van der Waals surface area (Å²) in [6, 6.07) is 3.06. The monoisotopic (exact) mass is 329 g/mol. The maximum Gasteiger partial charge on any atom is 0.259 e. The van der Waals surface area contributed by atoms with Crippen molar-refractivity contribution in [3.8, 4) is 11.5 Å². The predicted molar refractivity (Wildman–Crippen MR) is 91.2 cm³/mol. The van der Waals surface area contributed by atoms with E-state index in [2.05, 4.69) is 10.1 Å². The Kier molecular flexibility index (Phi) is 3.59. The van der Waals surface area contributed by atoms with Gasteiger partial charge < -0.3 is 19.8 Å². The number of aromatic hydroxyl groups is 1. The number of H-pyrrole nitrogens is 1. The minimum atomic E-state index is -0.667. The number of carbonyl (C=O) groups excluding carboxylic acids is 1. The van der Waals surface area contributed by atoms with E-state index in [4.69, 9.17) is 4.74 Å². The van der Waals surface area contributed by atoms with Gasteiger partial charge in [0.25, 0.3) is 5.56 Å². The van der Waals surface area contributed by atoms with Crippen LogP contribution in [0, 0.1) is 0 Å². The van der Waals surface area contributed by atoms with Crippen molar-refractivity contribution in [3.05, 3.63) is 33.6 Å². The number of aromatic nitrogens is 1. The molecule has 1 aliphatic rings. The smallest absolute Gasteiger partial charge is 0.259 e. The first kappa shape index (κ1) is 16.0. The maximum atomic E-state index is 12.0. The second-order valence-electron chi connectivity index (χ2n) is 6.42. The molecule has 2 aromatic rings. The number of phenols is 1. The van der Waals surface area contributed by atoms with Crippen LogP contribution in [-0.2, 0) is 6.42 Å². The summed E-state index contributed by atoms with van der Waals surface area (Å²) in [6.07, 6.45) is 2.23. The van der Waals surface area contributed by atoms with Crippen LogP contribution in [0.15, 0.2) is 22.0 Å². The van der Waals surface area contributed by atoms with Gasteiger partial charge >= 0.3 is 0 Å². The zero-order valence-electron chi connectivity index (χ0n) is 14.0. The highest BCUT2D eigenvalue weighted by atomic mass is 16.5. The van der Waals surface area contributed by atoms with Gasteiger partial charge in [0.1, 0.15) is 17.1 Å². The summed E-state index contributed by atoms with van der Waals surface area (Å²) in [5, 5.41) is 16.6. The predicted octanol–water partition coefficient (Wildman–Crippen LogP) is 1.68. The molecule has 0 fully saturated rings. The SMILES string of the molecule is CC(=O)c1cc2c3c(cc(O)c2[nH]c1=O)CC(C)(/C=N/N(C)C)O3. The molecule has 0 spiro atoms. The number of Topliss-reactive ketones (excluding diaryl/α,β-unsaturated/α-hetero) is 1. The van der Waals surface area contributed by atoms with Gasteiger partial charge in [0.2, 0.25) is 0 Å². The molecular weight excluding hydrogens is 310 g/mol. The van der Waals surface area contributed by atoms with Gasteiger partial charge in [0.15, 0.2) is 5.78 Å². The highest BCUT2D eigenvalue weighted by Crippen LogP contribution is 2.42. The van der Waals surface area contributed by atoms with E-state index in [0.717, 1.165) is 5.56 Å². The third kappa shape index (κ3) is 2.62. The fourth-order valence-corrected chi connectivity index (χ4v) is 2.86. The largest absolute Gasteiger partial charge is 0.506 e. The van der Waals surface area contributed by atoms with Crippen molar-refractivity contribution >= 4 is 22.9 Å². The number of ketones is 1. The van der Waals surface area contributed by atoms with Gasteiger partial charge in [-0.2, -0.15) is 5.10 Å². The van der Waals surface area contributed by atoms with Gasteiger partial charge in [-0.3, -0.25) is 9.59 Å². The van der Waals surface area contributed by atoms with Crippen molar-refractivity contribution in [1.82, 2.24) is 9.99 Å². The second-order valence-corrected chi connectivity index (χ2v) is 6.42. The number of nitrogens with one attached hydrogen (secondary N) is 1. The van der Waals surface area contributed by atoms with Crippen molar-refractivity contribution in [3.63, 3.8) is 0 Å². The van der Waals surface area contributed by atoms with Crippen LogP contribution in [0.3, 0.4) is 0 Å². The van der Waals surface area contributed by atoms with Gasteiger partial charge in [0, 0.05) is 31.5 Å². The van der Waals surface area contributed by atoms with E-state index in [-0.39, 0.29) is 22.6 Å². The van der Waals surface area contributed by atoms with Crippen LogP contribution in [0.1, 0.15) is 29.8 Å². The van der Waals surface area contributed by atoms with Crippen molar-refractivity contribution in [2.45, 2.75) is 25.9 Å². The number of fused-ring (bicyclic) bond motifs is 3. The number of benzene rings is 1. The molecule has 7 heteroatoms. The van der Waals surface area contributed by atoms with Crippen LogP contribution >= 0.6 is 0 Å². The molecule has 0 bridgehead atoms. The Morgan fingerprint density at radius 2 is 2.17 bits per heavy atom. The number of hydrazone groups is 1. The minimum absolute atomic E-state index is 0.0365. The van der Waals surface area contributed by atoms with Crippen LogP contribution in [0.2, 0.25) is 0 Å². The van der Waals surface area contributed by atoms with E-state index < -0.39 is 11.2 Å².